The summed E-state index contributed by atoms with van der Waals surface area (Å²) in [7, 11) is 0. The van der Waals surface area contributed by atoms with Crippen LogP contribution in [0.4, 0.5) is 10.7 Å². The standard InChI is InChI=1S/C15H16N2O3S/c1-3-20-15(19)11-7-8-21-14(11)17-13(18)10-6-4-5-9(2)12(10)16/h4-8H,3,16H2,1-2H3,(H,17,18). The molecule has 0 bridgehead atoms. The van der Waals surface area contributed by atoms with Crippen molar-refractivity contribution in [3.63, 3.8) is 0 Å². The van der Waals surface area contributed by atoms with E-state index in [1.165, 1.54) is 11.3 Å². The summed E-state index contributed by atoms with van der Waals surface area (Å²) in [4.78, 5) is 24.1. The smallest absolute Gasteiger partial charge is 0.341 e. The predicted octanol–water partition coefficient (Wildman–Crippen LogP) is 3.07. The molecule has 2 aromatic rings. The van der Waals surface area contributed by atoms with Crippen LogP contribution in [0.1, 0.15) is 33.2 Å². The summed E-state index contributed by atoms with van der Waals surface area (Å²) >= 11 is 1.26. The molecule has 0 fully saturated rings. The number of benzene rings is 1. The second kappa shape index (κ2) is 6.41. The molecule has 0 unspecified atom stereocenters. The van der Waals surface area contributed by atoms with Crippen LogP contribution >= 0.6 is 11.3 Å². The third-order valence-electron chi connectivity index (χ3n) is 2.96. The van der Waals surface area contributed by atoms with Crippen LogP contribution in [0, 0.1) is 6.92 Å². The molecule has 0 aliphatic rings. The molecule has 0 saturated heterocycles. The van der Waals surface area contributed by atoms with Crippen molar-refractivity contribution in [2.45, 2.75) is 13.8 Å². The number of hydrogen-bond acceptors (Lipinski definition) is 5. The molecule has 3 N–H and O–H groups in total. The van der Waals surface area contributed by atoms with Crippen molar-refractivity contribution in [1.29, 1.82) is 0 Å². The van der Waals surface area contributed by atoms with Crippen LogP contribution in [-0.4, -0.2) is 18.5 Å². The van der Waals surface area contributed by atoms with E-state index in [0.717, 1.165) is 5.56 Å². The number of nitrogen functional groups attached to an aromatic ring is 1. The maximum atomic E-state index is 12.3. The number of hydrogen-bond donors (Lipinski definition) is 2. The molecule has 6 heteroatoms. The SMILES string of the molecule is CCOC(=O)c1ccsc1NC(=O)c1cccc(C)c1N. The summed E-state index contributed by atoms with van der Waals surface area (Å²) in [6.45, 7) is 3.85. The Morgan fingerprint density at radius 2 is 2.05 bits per heavy atom. The zero-order valence-electron chi connectivity index (χ0n) is 11.8. The van der Waals surface area contributed by atoms with Gasteiger partial charge < -0.3 is 15.8 Å². The lowest BCUT2D eigenvalue weighted by Crippen LogP contribution is -2.16. The van der Waals surface area contributed by atoms with Gasteiger partial charge in [0.1, 0.15) is 5.00 Å². The van der Waals surface area contributed by atoms with Crippen molar-refractivity contribution in [1.82, 2.24) is 0 Å². The van der Waals surface area contributed by atoms with Gasteiger partial charge >= 0.3 is 5.97 Å². The number of rotatable bonds is 4. The van der Waals surface area contributed by atoms with Crippen LogP contribution in [-0.2, 0) is 4.74 Å². The maximum absolute atomic E-state index is 12.3. The molecule has 1 heterocycles. The van der Waals surface area contributed by atoms with Crippen LogP contribution < -0.4 is 11.1 Å². The van der Waals surface area contributed by atoms with Crippen LogP contribution in [0.5, 0.6) is 0 Å². The van der Waals surface area contributed by atoms with E-state index in [9.17, 15) is 9.59 Å². The Balaban J connectivity index is 2.23. The predicted molar refractivity (Wildman–Crippen MR) is 83.8 cm³/mol. The Bertz CT molecular complexity index is 679. The highest BCUT2D eigenvalue weighted by Crippen LogP contribution is 2.26. The monoisotopic (exact) mass is 304 g/mol. The number of thiophene rings is 1. The molecule has 0 atom stereocenters. The summed E-state index contributed by atoms with van der Waals surface area (Å²) in [5.41, 5.74) is 7.91. The zero-order valence-corrected chi connectivity index (χ0v) is 12.6. The molecule has 0 aliphatic heterocycles. The molecule has 1 amide bonds. The number of nitrogens with one attached hydrogen (secondary N) is 1. The topological polar surface area (TPSA) is 81.4 Å². The summed E-state index contributed by atoms with van der Waals surface area (Å²) in [6, 6.07) is 6.87. The molecule has 0 saturated carbocycles. The molecule has 0 spiro atoms. The van der Waals surface area contributed by atoms with Gasteiger partial charge in [0, 0.05) is 5.69 Å². The fraction of sp³-hybridized carbons (Fsp3) is 0.200. The maximum Gasteiger partial charge on any atom is 0.341 e. The number of ether oxygens (including phenoxy) is 1. The minimum absolute atomic E-state index is 0.285. The second-order valence-corrected chi connectivity index (χ2v) is 5.29. The average Bonchev–Trinajstić information content (AvgIpc) is 2.90. The number of carbonyl (C=O) groups excluding carboxylic acids is 2. The summed E-state index contributed by atoms with van der Waals surface area (Å²) in [5, 5.41) is 4.89. The quantitative estimate of drug-likeness (QED) is 0.672. The van der Waals surface area contributed by atoms with Gasteiger partial charge in [-0.1, -0.05) is 12.1 Å². The summed E-state index contributed by atoms with van der Waals surface area (Å²) < 4.78 is 4.95. The number of amides is 1. The van der Waals surface area contributed by atoms with Gasteiger partial charge in [-0.2, -0.15) is 0 Å². The van der Waals surface area contributed by atoms with Crippen molar-refractivity contribution >= 4 is 33.9 Å². The molecule has 0 radical (unpaired) electrons. The zero-order chi connectivity index (χ0) is 15.4. The third kappa shape index (κ3) is 3.22. The molecule has 0 aliphatic carbocycles. The van der Waals surface area contributed by atoms with Gasteiger partial charge in [0.2, 0.25) is 0 Å². The van der Waals surface area contributed by atoms with Crippen molar-refractivity contribution in [2.75, 3.05) is 17.7 Å². The lowest BCUT2D eigenvalue weighted by Gasteiger charge is -2.09. The van der Waals surface area contributed by atoms with E-state index < -0.39 is 5.97 Å². The van der Waals surface area contributed by atoms with Gasteiger partial charge in [-0.15, -0.1) is 11.3 Å². The lowest BCUT2D eigenvalue weighted by molar-refractivity contribution is 0.0528. The Morgan fingerprint density at radius 3 is 2.76 bits per heavy atom. The van der Waals surface area contributed by atoms with Crippen molar-refractivity contribution in [2.24, 2.45) is 0 Å². The number of aryl methyl sites for hydroxylation is 1. The van der Waals surface area contributed by atoms with Gasteiger partial charge in [0.05, 0.1) is 17.7 Å². The Labute approximate surface area is 126 Å². The molecule has 2 rings (SSSR count). The molecule has 1 aromatic heterocycles. The average molecular weight is 304 g/mol. The molecule has 110 valence electrons. The van der Waals surface area contributed by atoms with E-state index in [4.69, 9.17) is 10.5 Å². The van der Waals surface area contributed by atoms with E-state index in [1.807, 2.05) is 13.0 Å². The highest BCUT2D eigenvalue weighted by Gasteiger charge is 2.18. The molecule has 21 heavy (non-hydrogen) atoms. The summed E-state index contributed by atoms with van der Waals surface area (Å²) in [6.07, 6.45) is 0. The van der Waals surface area contributed by atoms with E-state index in [0.29, 0.717) is 21.8 Å². The van der Waals surface area contributed by atoms with Gasteiger partial charge in [-0.3, -0.25) is 4.79 Å². The number of para-hydroxylation sites is 1. The number of esters is 1. The highest BCUT2D eigenvalue weighted by molar-refractivity contribution is 7.14. The van der Waals surface area contributed by atoms with Crippen LogP contribution in [0.15, 0.2) is 29.6 Å². The largest absolute Gasteiger partial charge is 0.462 e. The third-order valence-corrected chi connectivity index (χ3v) is 3.79. The minimum atomic E-state index is -0.453. The fourth-order valence-electron chi connectivity index (χ4n) is 1.82. The normalized spacial score (nSPS) is 10.2. The minimum Gasteiger partial charge on any atom is -0.462 e. The fourth-order valence-corrected chi connectivity index (χ4v) is 2.59. The first kappa shape index (κ1) is 15.1. The second-order valence-electron chi connectivity index (χ2n) is 4.37. The lowest BCUT2D eigenvalue weighted by atomic mass is 10.1. The van der Waals surface area contributed by atoms with Gasteiger partial charge in [0.25, 0.3) is 5.91 Å². The first-order valence-corrected chi connectivity index (χ1v) is 7.33. The first-order chi connectivity index (χ1) is 10.0. The van der Waals surface area contributed by atoms with E-state index in [1.54, 1.807) is 30.5 Å². The van der Waals surface area contributed by atoms with E-state index in [-0.39, 0.29) is 12.5 Å². The number of carbonyl (C=O) groups is 2. The molecular formula is C15H16N2O3S. The molecule has 1 aromatic carbocycles. The van der Waals surface area contributed by atoms with Gasteiger partial charge in [0.15, 0.2) is 0 Å². The summed E-state index contributed by atoms with van der Waals surface area (Å²) in [5.74, 6) is -0.796. The molecular weight excluding hydrogens is 288 g/mol. The Hall–Kier alpha value is -2.34. The van der Waals surface area contributed by atoms with Crippen molar-refractivity contribution in [3.8, 4) is 0 Å². The van der Waals surface area contributed by atoms with Crippen LogP contribution in [0.25, 0.3) is 0 Å². The van der Waals surface area contributed by atoms with E-state index in [2.05, 4.69) is 5.32 Å². The van der Waals surface area contributed by atoms with Crippen LogP contribution in [0.2, 0.25) is 0 Å². The van der Waals surface area contributed by atoms with Gasteiger partial charge in [-0.05, 0) is 36.9 Å². The van der Waals surface area contributed by atoms with Gasteiger partial charge in [-0.25, -0.2) is 4.79 Å². The van der Waals surface area contributed by atoms with Crippen molar-refractivity contribution in [3.05, 3.63) is 46.3 Å². The van der Waals surface area contributed by atoms with Crippen LogP contribution in [0.3, 0.4) is 0 Å². The highest BCUT2D eigenvalue weighted by atomic mass is 32.1. The Kier molecular flexibility index (Phi) is 4.59. The van der Waals surface area contributed by atoms with E-state index >= 15 is 0 Å². The van der Waals surface area contributed by atoms with Crippen molar-refractivity contribution < 1.29 is 14.3 Å². The number of nitrogens with two attached hydrogens (primary N) is 1. The Morgan fingerprint density at radius 1 is 1.29 bits per heavy atom. The number of anilines is 2. The first-order valence-electron chi connectivity index (χ1n) is 6.45. The molecule has 5 nitrogen and oxygen atoms in total.